The van der Waals surface area contributed by atoms with Gasteiger partial charge >= 0.3 is 0 Å². The van der Waals surface area contributed by atoms with Gasteiger partial charge in [-0.05, 0) is 55.4 Å². The predicted molar refractivity (Wildman–Crippen MR) is 133 cm³/mol. The molecule has 34 heavy (non-hydrogen) atoms. The van der Waals surface area contributed by atoms with Crippen molar-refractivity contribution in [3.05, 3.63) is 0 Å². The summed E-state index contributed by atoms with van der Waals surface area (Å²) in [4.78, 5) is 4.76. The highest BCUT2D eigenvalue weighted by Gasteiger charge is 2.54. The molecule has 0 aromatic rings. The van der Waals surface area contributed by atoms with Crippen LogP contribution in [0, 0.1) is 0 Å². The van der Waals surface area contributed by atoms with Crippen molar-refractivity contribution in [2.24, 2.45) is 0 Å². The first-order chi connectivity index (χ1) is 15.8. The first-order valence-electron chi connectivity index (χ1n) is 13.0. The molecule has 1 spiro atoms. The van der Waals surface area contributed by atoms with E-state index in [9.17, 15) is 0 Å². The molecule has 4 aliphatic rings. The fourth-order valence-corrected chi connectivity index (χ4v) is 4.24. The normalized spacial score (nSPS) is 37.4. The molecule has 8 heteroatoms. The van der Waals surface area contributed by atoms with E-state index in [0.29, 0.717) is 52.9 Å². The second-order valence-electron chi connectivity index (χ2n) is 12.0. The molecule has 0 saturated carbocycles. The topological polar surface area (TPSA) is 61.6 Å². The fourth-order valence-electron chi connectivity index (χ4n) is 4.24. The van der Waals surface area contributed by atoms with Crippen LogP contribution in [-0.4, -0.2) is 123 Å². The van der Waals surface area contributed by atoms with E-state index in [2.05, 4.69) is 65.2 Å². The molecule has 0 aliphatic carbocycles. The molecule has 0 amide bonds. The zero-order chi connectivity index (χ0) is 25.1. The molecule has 4 rings (SSSR count). The van der Waals surface area contributed by atoms with Gasteiger partial charge in [0.05, 0.1) is 80.8 Å². The number of hydrogen-bond acceptors (Lipinski definition) is 8. The van der Waals surface area contributed by atoms with E-state index in [0.717, 1.165) is 32.7 Å². The van der Waals surface area contributed by atoms with Crippen molar-refractivity contribution >= 4 is 0 Å². The van der Waals surface area contributed by atoms with Crippen LogP contribution in [-0.2, 0) is 28.4 Å². The van der Waals surface area contributed by atoms with Crippen LogP contribution in [0.2, 0.25) is 0 Å². The average molecular weight is 487 g/mol. The second kappa shape index (κ2) is 11.0. The highest BCUT2D eigenvalue weighted by atomic mass is 16.6. The summed E-state index contributed by atoms with van der Waals surface area (Å²) in [5.41, 5.74) is -1.86. The SMILES string of the molecule is CC1(C)OCCN2CCOCCOCC3(COC(C)(C)C(C)(C)OCC2)CN3CCOC1(C)C. The minimum atomic E-state index is -0.448. The third-order valence-electron chi connectivity index (χ3n) is 8.51. The minimum absolute atomic E-state index is 0.133. The molecule has 0 aromatic heterocycles. The van der Waals surface area contributed by atoms with Crippen molar-refractivity contribution in [3.8, 4) is 0 Å². The quantitative estimate of drug-likeness (QED) is 0.484. The van der Waals surface area contributed by atoms with E-state index in [1.54, 1.807) is 0 Å². The van der Waals surface area contributed by atoms with Gasteiger partial charge in [-0.2, -0.15) is 0 Å². The Morgan fingerprint density at radius 1 is 0.471 bits per heavy atom. The van der Waals surface area contributed by atoms with Gasteiger partial charge in [0.2, 0.25) is 0 Å². The van der Waals surface area contributed by atoms with Crippen molar-refractivity contribution < 1.29 is 28.4 Å². The van der Waals surface area contributed by atoms with Crippen LogP contribution in [0.1, 0.15) is 55.4 Å². The van der Waals surface area contributed by atoms with E-state index in [1.165, 1.54) is 0 Å². The molecule has 0 N–H and O–H groups in total. The van der Waals surface area contributed by atoms with Crippen LogP contribution in [0.4, 0.5) is 0 Å². The Bertz CT molecular complexity index is 637. The van der Waals surface area contributed by atoms with Crippen LogP contribution in [0.25, 0.3) is 0 Å². The first-order valence-corrected chi connectivity index (χ1v) is 13.0. The molecule has 4 aliphatic heterocycles. The maximum atomic E-state index is 6.57. The number of rotatable bonds is 0. The van der Waals surface area contributed by atoms with Crippen LogP contribution < -0.4 is 0 Å². The highest BCUT2D eigenvalue weighted by Crippen LogP contribution is 2.37. The Morgan fingerprint density at radius 2 is 0.941 bits per heavy atom. The van der Waals surface area contributed by atoms with Gasteiger partial charge in [0.15, 0.2) is 0 Å². The maximum Gasteiger partial charge on any atom is 0.0910 e. The molecule has 4 saturated heterocycles. The summed E-state index contributed by atoms with van der Waals surface area (Å²) >= 11 is 0. The molecule has 3 unspecified atom stereocenters. The molecule has 2 bridgehead atoms. The summed E-state index contributed by atoms with van der Waals surface area (Å²) in [5.74, 6) is 0. The standard InChI is InChI=1S/C26H50N2O6/c1-22(2)23(3,4)33-16-12-28-19-26(28)20-30-18-17-29-13-9-27(10-14-31-22)11-15-32-24(5,6)25(7,8)34-21-26/h9-21H2,1-8H3. The molecule has 0 aromatic carbocycles. The summed E-state index contributed by atoms with van der Waals surface area (Å²) in [6.07, 6.45) is 0. The lowest BCUT2D eigenvalue weighted by atomic mass is 9.89. The van der Waals surface area contributed by atoms with Crippen LogP contribution in [0.5, 0.6) is 0 Å². The fraction of sp³-hybridized carbons (Fsp3) is 1.00. The average Bonchev–Trinajstić information content (AvgIpc) is 3.42. The smallest absolute Gasteiger partial charge is 0.0910 e. The maximum absolute atomic E-state index is 6.57. The molecule has 200 valence electrons. The van der Waals surface area contributed by atoms with Crippen molar-refractivity contribution in [1.82, 2.24) is 9.80 Å². The summed E-state index contributed by atoms with van der Waals surface area (Å²) in [6.45, 7) is 26.1. The lowest BCUT2D eigenvalue weighted by Gasteiger charge is -2.43. The lowest BCUT2D eigenvalue weighted by Crippen LogP contribution is -2.53. The molecular weight excluding hydrogens is 436 g/mol. The molecular formula is C26H50N2O6. The van der Waals surface area contributed by atoms with E-state index in [-0.39, 0.29) is 5.54 Å². The monoisotopic (exact) mass is 486 g/mol. The zero-order valence-electron chi connectivity index (χ0n) is 23.0. The first kappa shape index (κ1) is 28.3. The lowest BCUT2D eigenvalue weighted by molar-refractivity contribution is -0.190. The minimum Gasteiger partial charge on any atom is -0.378 e. The number of ether oxygens (including phenoxy) is 6. The van der Waals surface area contributed by atoms with Gasteiger partial charge in [-0.15, -0.1) is 0 Å². The Morgan fingerprint density at radius 3 is 1.53 bits per heavy atom. The second-order valence-corrected chi connectivity index (χ2v) is 12.0. The Hall–Kier alpha value is -0.320. The van der Waals surface area contributed by atoms with Gasteiger partial charge in [-0.25, -0.2) is 0 Å². The molecule has 3 atom stereocenters. The Balaban J connectivity index is 1.83. The Labute approximate surface area is 207 Å². The molecule has 0 radical (unpaired) electrons. The van der Waals surface area contributed by atoms with Crippen LogP contribution in [0.15, 0.2) is 0 Å². The van der Waals surface area contributed by atoms with Crippen molar-refractivity contribution in [1.29, 1.82) is 0 Å². The third kappa shape index (κ3) is 6.91. The van der Waals surface area contributed by atoms with Crippen molar-refractivity contribution in [2.75, 3.05) is 85.6 Å². The van der Waals surface area contributed by atoms with E-state index < -0.39 is 22.4 Å². The largest absolute Gasteiger partial charge is 0.378 e. The van der Waals surface area contributed by atoms with Gasteiger partial charge in [-0.1, -0.05) is 0 Å². The predicted octanol–water partition coefficient (Wildman–Crippen LogP) is 2.58. The third-order valence-corrected chi connectivity index (χ3v) is 8.51. The van der Waals surface area contributed by atoms with Gasteiger partial charge < -0.3 is 28.4 Å². The molecule has 4 heterocycles. The van der Waals surface area contributed by atoms with E-state index in [1.807, 2.05) is 0 Å². The molecule has 4 fully saturated rings. The van der Waals surface area contributed by atoms with Gasteiger partial charge in [0.25, 0.3) is 0 Å². The summed E-state index contributed by atoms with van der Waals surface area (Å²) in [6, 6.07) is 0. The summed E-state index contributed by atoms with van der Waals surface area (Å²) in [7, 11) is 0. The summed E-state index contributed by atoms with van der Waals surface area (Å²) < 4.78 is 37.7. The van der Waals surface area contributed by atoms with Crippen LogP contribution >= 0.6 is 0 Å². The van der Waals surface area contributed by atoms with Crippen molar-refractivity contribution in [3.63, 3.8) is 0 Å². The highest BCUT2D eigenvalue weighted by molar-refractivity contribution is 5.08. The number of fused-ring (bicyclic) bond motifs is 19. The Kier molecular flexibility index (Phi) is 9.12. The van der Waals surface area contributed by atoms with E-state index in [4.69, 9.17) is 28.4 Å². The van der Waals surface area contributed by atoms with Crippen LogP contribution in [0.3, 0.4) is 0 Å². The number of nitrogens with zero attached hydrogens (tertiary/aromatic N) is 2. The van der Waals surface area contributed by atoms with Gasteiger partial charge in [0.1, 0.15) is 0 Å². The van der Waals surface area contributed by atoms with E-state index >= 15 is 0 Å². The zero-order valence-corrected chi connectivity index (χ0v) is 23.0. The van der Waals surface area contributed by atoms with Gasteiger partial charge in [-0.3, -0.25) is 9.80 Å². The number of hydrogen-bond donors (Lipinski definition) is 0. The van der Waals surface area contributed by atoms with Gasteiger partial charge in [0, 0.05) is 32.7 Å². The van der Waals surface area contributed by atoms with Crippen molar-refractivity contribution in [2.45, 2.75) is 83.3 Å². The molecule has 8 nitrogen and oxygen atoms in total. The summed E-state index contributed by atoms with van der Waals surface area (Å²) in [5, 5.41) is 0.